The number of rotatable bonds is 2. The predicted molar refractivity (Wildman–Crippen MR) is 97.2 cm³/mol. The molecule has 4 rings (SSSR count). The summed E-state index contributed by atoms with van der Waals surface area (Å²) in [6, 6.07) is 9.22. The molecular weight excluding hydrogens is 373 g/mol. The number of hydrogen-bond acceptors (Lipinski definition) is 4. The van der Waals surface area contributed by atoms with Crippen LogP contribution >= 0.6 is 11.6 Å². The molecule has 0 bridgehead atoms. The van der Waals surface area contributed by atoms with Crippen LogP contribution in [0.5, 0.6) is 0 Å². The van der Waals surface area contributed by atoms with Gasteiger partial charge in [-0.05, 0) is 30.3 Å². The van der Waals surface area contributed by atoms with E-state index in [1.54, 1.807) is 23.1 Å². The second-order valence-corrected chi connectivity index (χ2v) is 6.62. The monoisotopic (exact) mass is 387 g/mol. The largest absolute Gasteiger partial charge is 0.443 e. The van der Waals surface area contributed by atoms with E-state index in [2.05, 4.69) is 4.98 Å². The lowest BCUT2D eigenvalue weighted by Crippen LogP contribution is -2.50. The number of fused-ring (bicyclic) bond motifs is 1. The molecular formula is C19H15ClFN3O3. The number of benzene rings is 2. The van der Waals surface area contributed by atoms with Crippen LogP contribution in [-0.4, -0.2) is 52.8 Å². The minimum Gasteiger partial charge on any atom is -0.443 e. The molecule has 6 nitrogen and oxygen atoms in total. The van der Waals surface area contributed by atoms with E-state index in [4.69, 9.17) is 16.0 Å². The molecule has 0 radical (unpaired) electrons. The summed E-state index contributed by atoms with van der Waals surface area (Å²) in [6.07, 6.45) is 1.33. The minimum absolute atomic E-state index is 0.0828. The number of hydrogen-bond donors (Lipinski definition) is 0. The van der Waals surface area contributed by atoms with E-state index in [0.717, 1.165) is 0 Å². The van der Waals surface area contributed by atoms with Crippen LogP contribution in [0.1, 0.15) is 20.7 Å². The van der Waals surface area contributed by atoms with Gasteiger partial charge in [0.15, 0.2) is 12.0 Å². The van der Waals surface area contributed by atoms with Crippen LogP contribution in [0.4, 0.5) is 4.39 Å². The number of aromatic nitrogens is 1. The smallest absolute Gasteiger partial charge is 0.258 e. The zero-order valence-electron chi connectivity index (χ0n) is 14.2. The highest BCUT2D eigenvalue weighted by Gasteiger charge is 2.28. The summed E-state index contributed by atoms with van der Waals surface area (Å²) in [6.45, 7) is 1.32. The van der Waals surface area contributed by atoms with E-state index in [9.17, 15) is 14.0 Å². The van der Waals surface area contributed by atoms with Crippen molar-refractivity contribution in [3.8, 4) is 0 Å². The van der Waals surface area contributed by atoms with Gasteiger partial charge in [0.2, 0.25) is 0 Å². The Morgan fingerprint density at radius 2 is 1.74 bits per heavy atom. The van der Waals surface area contributed by atoms with Gasteiger partial charge in [-0.2, -0.15) is 0 Å². The van der Waals surface area contributed by atoms with E-state index in [1.807, 2.05) is 0 Å². The highest BCUT2D eigenvalue weighted by atomic mass is 35.5. The summed E-state index contributed by atoms with van der Waals surface area (Å²) in [5.74, 6) is -1.25. The number of halogens is 2. The lowest BCUT2D eigenvalue weighted by molar-refractivity contribution is 0.0533. The van der Waals surface area contributed by atoms with Crippen molar-refractivity contribution in [1.82, 2.24) is 14.8 Å². The Hall–Kier alpha value is -2.93. The van der Waals surface area contributed by atoms with Gasteiger partial charge in [0.1, 0.15) is 11.3 Å². The average molecular weight is 388 g/mol. The molecule has 1 saturated heterocycles. The van der Waals surface area contributed by atoms with Gasteiger partial charge in [0.05, 0.1) is 10.6 Å². The molecule has 8 heteroatoms. The molecule has 1 aromatic heterocycles. The third-order valence-electron chi connectivity index (χ3n) is 4.61. The number of carbonyl (C=O) groups excluding carboxylic acids is 2. The Labute approximate surface area is 159 Å². The highest BCUT2D eigenvalue weighted by Crippen LogP contribution is 2.22. The van der Waals surface area contributed by atoms with Gasteiger partial charge in [0.25, 0.3) is 11.8 Å². The van der Waals surface area contributed by atoms with Crippen molar-refractivity contribution >= 4 is 34.5 Å². The van der Waals surface area contributed by atoms with Gasteiger partial charge >= 0.3 is 0 Å². The summed E-state index contributed by atoms with van der Waals surface area (Å²) in [5, 5.41) is 0.0828. The fourth-order valence-electron chi connectivity index (χ4n) is 3.15. The number of carbonyl (C=O) groups is 2. The molecule has 2 aromatic carbocycles. The van der Waals surface area contributed by atoms with Crippen molar-refractivity contribution in [1.29, 1.82) is 0 Å². The Morgan fingerprint density at radius 3 is 2.44 bits per heavy atom. The fraction of sp³-hybridized carbons (Fsp3) is 0.211. The fourth-order valence-corrected chi connectivity index (χ4v) is 3.39. The molecule has 2 amide bonds. The predicted octanol–water partition coefficient (Wildman–Crippen LogP) is 3.22. The van der Waals surface area contributed by atoms with Gasteiger partial charge in [-0.25, -0.2) is 9.37 Å². The van der Waals surface area contributed by atoms with Gasteiger partial charge in [0, 0.05) is 31.7 Å². The Kier molecular flexibility index (Phi) is 4.53. The first-order chi connectivity index (χ1) is 13.0. The summed E-state index contributed by atoms with van der Waals surface area (Å²) in [4.78, 5) is 32.5. The normalized spacial score (nSPS) is 14.6. The van der Waals surface area contributed by atoms with Crippen molar-refractivity contribution in [3.63, 3.8) is 0 Å². The SMILES string of the molecule is O=C(c1ccc2ocnc2c1)N1CCN(C(=O)c2c(F)cccc2Cl)CC1. The molecule has 1 fully saturated rings. The second-order valence-electron chi connectivity index (χ2n) is 6.22. The zero-order valence-corrected chi connectivity index (χ0v) is 14.9. The lowest BCUT2D eigenvalue weighted by atomic mass is 10.1. The first-order valence-electron chi connectivity index (χ1n) is 8.40. The quantitative estimate of drug-likeness (QED) is 0.677. The number of nitrogens with zero attached hydrogens (tertiary/aromatic N) is 3. The molecule has 0 saturated carbocycles. The van der Waals surface area contributed by atoms with Crippen LogP contribution in [0.2, 0.25) is 5.02 Å². The number of oxazole rings is 1. The van der Waals surface area contributed by atoms with Crippen molar-refractivity contribution in [2.75, 3.05) is 26.2 Å². The molecule has 1 aliphatic heterocycles. The van der Waals surface area contributed by atoms with Crippen LogP contribution < -0.4 is 0 Å². The first-order valence-corrected chi connectivity index (χ1v) is 8.78. The van der Waals surface area contributed by atoms with E-state index in [0.29, 0.717) is 42.8 Å². The highest BCUT2D eigenvalue weighted by molar-refractivity contribution is 6.33. The Bertz CT molecular complexity index is 1010. The van der Waals surface area contributed by atoms with Crippen LogP contribution in [0.3, 0.4) is 0 Å². The Morgan fingerprint density at radius 1 is 1.04 bits per heavy atom. The zero-order chi connectivity index (χ0) is 19.0. The second kappa shape index (κ2) is 7.00. The van der Waals surface area contributed by atoms with Crippen LogP contribution in [0.25, 0.3) is 11.1 Å². The molecule has 0 atom stereocenters. The minimum atomic E-state index is -0.646. The molecule has 3 aromatic rings. The van der Waals surface area contributed by atoms with E-state index in [1.165, 1.54) is 29.5 Å². The summed E-state index contributed by atoms with van der Waals surface area (Å²) < 4.78 is 19.2. The molecule has 0 unspecified atom stereocenters. The van der Waals surface area contributed by atoms with Gasteiger partial charge < -0.3 is 14.2 Å². The number of amides is 2. The maximum Gasteiger partial charge on any atom is 0.258 e. The average Bonchev–Trinajstić information content (AvgIpc) is 3.15. The molecule has 138 valence electrons. The molecule has 1 aliphatic rings. The molecule has 2 heterocycles. The Balaban J connectivity index is 1.45. The molecule has 0 spiro atoms. The first kappa shape index (κ1) is 17.5. The van der Waals surface area contributed by atoms with Gasteiger partial charge in [-0.1, -0.05) is 17.7 Å². The summed E-state index contributed by atoms with van der Waals surface area (Å²) in [5.41, 5.74) is 1.61. The summed E-state index contributed by atoms with van der Waals surface area (Å²) in [7, 11) is 0. The summed E-state index contributed by atoms with van der Waals surface area (Å²) >= 11 is 5.98. The molecule has 0 aliphatic carbocycles. The van der Waals surface area contributed by atoms with Crippen molar-refractivity contribution in [2.45, 2.75) is 0 Å². The topological polar surface area (TPSA) is 66.7 Å². The van der Waals surface area contributed by atoms with E-state index in [-0.39, 0.29) is 16.5 Å². The van der Waals surface area contributed by atoms with E-state index >= 15 is 0 Å². The maximum absolute atomic E-state index is 14.0. The van der Waals surface area contributed by atoms with Crippen LogP contribution in [0, 0.1) is 5.82 Å². The number of piperazine rings is 1. The third-order valence-corrected chi connectivity index (χ3v) is 4.92. The van der Waals surface area contributed by atoms with Crippen molar-refractivity contribution in [3.05, 3.63) is 64.8 Å². The van der Waals surface area contributed by atoms with Crippen LogP contribution in [-0.2, 0) is 0 Å². The van der Waals surface area contributed by atoms with Gasteiger partial charge in [-0.3, -0.25) is 9.59 Å². The molecule has 0 N–H and O–H groups in total. The lowest BCUT2D eigenvalue weighted by Gasteiger charge is -2.35. The van der Waals surface area contributed by atoms with Crippen LogP contribution in [0.15, 0.2) is 47.2 Å². The van der Waals surface area contributed by atoms with Crippen molar-refractivity contribution < 1.29 is 18.4 Å². The van der Waals surface area contributed by atoms with E-state index < -0.39 is 11.7 Å². The van der Waals surface area contributed by atoms with Gasteiger partial charge in [-0.15, -0.1) is 0 Å². The molecule has 27 heavy (non-hydrogen) atoms. The third kappa shape index (κ3) is 3.26. The maximum atomic E-state index is 14.0. The van der Waals surface area contributed by atoms with Crippen molar-refractivity contribution in [2.24, 2.45) is 0 Å². The standard InChI is InChI=1S/C19H15ClFN3O3/c20-13-2-1-3-14(21)17(13)19(26)24-8-6-23(7-9-24)18(25)12-4-5-16-15(10-12)22-11-27-16/h1-5,10-11H,6-9H2.